The van der Waals surface area contributed by atoms with Gasteiger partial charge in [0.05, 0.1) is 17.0 Å². The zero-order valence-electron chi connectivity index (χ0n) is 17.4. The van der Waals surface area contributed by atoms with E-state index >= 15 is 0 Å². The van der Waals surface area contributed by atoms with Gasteiger partial charge in [-0.1, -0.05) is 17.7 Å². The van der Waals surface area contributed by atoms with Crippen LogP contribution >= 0.6 is 11.6 Å². The highest BCUT2D eigenvalue weighted by atomic mass is 35.5. The van der Waals surface area contributed by atoms with Crippen LogP contribution in [0.4, 0.5) is 0 Å². The normalized spacial score (nSPS) is 13.5. The van der Waals surface area contributed by atoms with Crippen molar-refractivity contribution in [2.24, 2.45) is 0 Å². The second-order valence-electron chi connectivity index (χ2n) is 7.55. The number of ether oxygens (including phenoxy) is 1. The highest BCUT2D eigenvalue weighted by Crippen LogP contribution is 2.24. The molecular formula is C23H21ClN2O6S. The van der Waals surface area contributed by atoms with E-state index in [0.717, 1.165) is 18.4 Å². The van der Waals surface area contributed by atoms with Crippen molar-refractivity contribution in [1.29, 1.82) is 0 Å². The van der Waals surface area contributed by atoms with Gasteiger partial charge in [0.15, 0.2) is 6.61 Å². The molecule has 1 aliphatic carbocycles. The zero-order valence-corrected chi connectivity index (χ0v) is 19.0. The van der Waals surface area contributed by atoms with Crippen LogP contribution in [0.25, 0.3) is 11.3 Å². The second-order valence-corrected chi connectivity index (χ2v) is 9.70. The molecule has 1 heterocycles. The van der Waals surface area contributed by atoms with Crippen molar-refractivity contribution in [3.63, 3.8) is 0 Å². The molecule has 3 aromatic rings. The summed E-state index contributed by atoms with van der Waals surface area (Å²) in [4.78, 5) is 24.3. The van der Waals surface area contributed by atoms with Gasteiger partial charge in [0.25, 0.3) is 5.91 Å². The predicted molar refractivity (Wildman–Crippen MR) is 121 cm³/mol. The van der Waals surface area contributed by atoms with Crippen molar-refractivity contribution in [2.75, 3.05) is 6.61 Å². The van der Waals surface area contributed by atoms with E-state index in [9.17, 15) is 18.0 Å². The van der Waals surface area contributed by atoms with Gasteiger partial charge in [-0.3, -0.25) is 4.79 Å². The number of benzene rings is 2. The van der Waals surface area contributed by atoms with Crippen molar-refractivity contribution >= 4 is 33.5 Å². The van der Waals surface area contributed by atoms with Gasteiger partial charge >= 0.3 is 5.97 Å². The summed E-state index contributed by atoms with van der Waals surface area (Å²) in [6.07, 6.45) is 1.60. The maximum atomic E-state index is 12.3. The molecule has 1 aromatic heterocycles. The van der Waals surface area contributed by atoms with Crippen LogP contribution in [0, 0.1) is 0 Å². The average molecular weight is 489 g/mol. The highest BCUT2D eigenvalue weighted by Gasteiger charge is 2.28. The molecule has 4 rings (SSSR count). The Morgan fingerprint density at radius 1 is 1.06 bits per heavy atom. The Morgan fingerprint density at radius 3 is 2.55 bits per heavy atom. The van der Waals surface area contributed by atoms with Crippen molar-refractivity contribution in [3.8, 4) is 11.3 Å². The molecule has 1 saturated carbocycles. The van der Waals surface area contributed by atoms with Crippen LogP contribution in [-0.2, 0) is 26.1 Å². The van der Waals surface area contributed by atoms with E-state index in [1.807, 2.05) is 12.1 Å². The van der Waals surface area contributed by atoms with Crippen molar-refractivity contribution in [1.82, 2.24) is 10.0 Å². The number of hydrogen-bond acceptors (Lipinski definition) is 6. The first-order chi connectivity index (χ1) is 15.8. The predicted octanol–water partition coefficient (Wildman–Crippen LogP) is 3.51. The number of esters is 1. The summed E-state index contributed by atoms with van der Waals surface area (Å²) in [7, 11) is -3.70. The maximum absolute atomic E-state index is 12.3. The molecule has 10 heteroatoms. The van der Waals surface area contributed by atoms with E-state index in [2.05, 4.69) is 10.0 Å². The van der Waals surface area contributed by atoms with Crippen LogP contribution in [0.15, 0.2) is 70.0 Å². The van der Waals surface area contributed by atoms with Crippen molar-refractivity contribution in [2.45, 2.75) is 30.3 Å². The Balaban J connectivity index is 1.27. The van der Waals surface area contributed by atoms with Gasteiger partial charge < -0.3 is 14.5 Å². The smallest absolute Gasteiger partial charge is 0.338 e. The molecule has 0 saturated heterocycles. The minimum Gasteiger partial charge on any atom is -0.459 e. The molecule has 1 aliphatic rings. The molecule has 1 amide bonds. The molecule has 0 unspecified atom stereocenters. The number of carbonyl (C=O) groups is 2. The number of nitrogens with one attached hydrogen (secondary N) is 2. The Kier molecular flexibility index (Phi) is 6.83. The molecule has 0 spiro atoms. The van der Waals surface area contributed by atoms with Gasteiger partial charge in [0, 0.05) is 16.6 Å². The standard InChI is InChI=1S/C23H21ClN2O6S/c24-17-6-4-15(5-7-17)21-11-10-19(32-21)13-25-22(27)14-31-23(28)16-2-1-3-20(12-16)33(29,30)26-18-8-9-18/h1-7,10-12,18,26H,8-9,13-14H2,(H,25,27). The summed E-state index contributed by atoms with van der Waals surface area (Å²) in [6, 6.07) is 16.1. The molecule has 8 nitrogen and oxygen atoms in total. The van der Waals surface area contributed by atoms with E-state index in [0.29, 0.717) is 16.5 Å². The largest absolute Gasteiger partial charge is 0.459 e. The lowest BCUT2D eigenvalue weighted by Gasteiger charge is -2.08. The maximum Gasteiger partial charge on any atom is 0.338 e. The summed E-state index contributed by atoms with van der Waals surface area (Å²) < 4.78 is 37.9. The molecule has 0 radical (unpaired) electrons. The quantitative estimate of drug-likeness (QED) is 0.445. The molecule has 33 heavy (non-hydrogen) atoms. The van der Waals surface area contributed by atoms with Crippen LogP contribution in [0.3, 0.4) is 0 Å². The van der Waals surface area contributed by atoms with Crippen LogP contribution < -0.4 is 10.0 Å². The first-order valence-electron chi connectivity index (χ1n) is 10.2. The van der Waals surface area contributed by atoms with Gasteiger partial charge in [0.1, 0.15) is 11.5 Å². The minimum absolute atomic E-state index is 0.0254. The van der Waals surface area contributed by atoms with Gasteiger partial charge in [-0.2, -0.15) is 0 Å². The third-order valence-electron chi connectivity index (χ3n) is 4.86. The second kappa shape index (κ2) is 9.78. The number of amides is 1. The summed E-state index contributed by atoms with van der Waals surface area (Å²) in [6.45, 7) is -0.397. The SMILES string of the molecule is O=C(COC(=O)c1cccc(S(=O)(=O)NC2CC2)c1)NCc1ccc(-c2ccc(Cl)cc2)o1. The summed E-state index contributed by atoms with van der Waals surface area (Å²) in [5.41, 5.74) is 0.891. The van der Waals surface area contributed by atoms with Gasteiger partial charge in [-0.05, 0) is 67.4 Å². The molecule has 172 valence electrons. The lowest BCUT2D eigenvalue weighted by atomic mass is 10.2. The molecule has 0 atom stereocenters. The first kappa shape index (κ1) is 23.0. The van der Waals surface area contributed by atoms with Crippen molar-refractivity contribution in [3.05, 3.63) is 77.0 Å². The third-order valence-corrected chi connectivity index (χ3v) is 6.63. The van der Waals surface area contributed by atoms with Gasteiger partial charge in [-0.15, -0.1) is 0 Å². The fourth-order valence-corrected chi connectivity index (χ4v) is 4.45. The van der Waals surface area contributed by atoms with E-state index in [4.69, 9.17) is 20.8 Å². The molecule has 1 fully saturated rings. The zero-order chi connectivity index (χ0) is 23.4. The van der Waals surface area contributed by atoms with Crippen molar-refractivity contribution < 1.29 is 27.2 Å². The number of furan rings is 1. The Bertz CT molecular complexity index is 1270. The Morgan fingerprint density at radius 2 is 1.82 bits per heavy atom. The molecular weight excluding hydrogens is 468 g/mol. The van der Waals surface area contributed by atoms with Crippen LogP contribution in [0.5, 0.6) is 0 Å². The van der Waals surface area contributed by atoms with E-state index < -0.39 is 28.5 Å². The fourth-order valence-electron chi connectivity index (χ4n) is 2.97. The fraction of sp³-hybridized carbons (Fsp3) is 0.217. The average Bonchev–Trinajstić information content (AvgIpc) is 3.48. The first-order valence-corrected chi connectivity index (χ1v) is 12.1. The van der Waals surface area contributed by atoms with E-state index in [-0.39, 0.29) is 23.0 Å². The lowest BCUT2D eigenvalue weighted by molar-refractivity contribution is -0.124. The van der Waals surface area contributed by atoms with Crippen LogP contribution in [0.1, 0.15) is 29.0 Å². The van der Waals surface area contributed by atoms with E-state index in [1.54, 1.807) is 24.3 Å². The number of sulfonamides is 1. The molecule has 2 N–H and O–H groups in total. The number of rotatable bonds is 9. The van der Waals surface area contributed by atoms with Crippen LogP contribution in [-0.4, -0.2) is 32.9 Å². The highest BCUT2D eigenvalue weighted by molar-refractivity contribution is 7.89. The van der Waals surface area contributed by atoms with Gasteiger partial charge in [0.2, 0.25) is 10.0 Å². The summed E-state index contributed by atoms with van der Waals surface area (Å²) in [5, 5.41) is 3.23. The van der Waals surface area contributed by atoms with E-state index in [1.165, 1.54) is 24.3 Å². The minimum atomic E-state index is -3.70. The molecule has 2 aromatic carbocycles. The Hall–Kier alpha value is -3.14. The topological polar surface area (TPSA) is 115 Å². The molecule has 0 bridgehead atoms. The number of carbonyl (C=O) groups excluding carboxylic acids is 2. The third kappa shape index (κ3) is 6.22. The lowest BCUT2D eigenvalue weighted by Crippen LogP contribution is -2.28. The number of hydrogen-bond donors (Lipinski definition) is 2. The summed E-state index contributed by atoms with van der Waals surface area (Å²) in [5.74, 6) is -0.155. The summed E-state index contributed by atoms with van der Waals surface area (Å²) >= 11 is 5.88. The van der Waals surface area contributed by atoms with Crippen LogP contribution in [0.2, 0.25) is 5.02 Å². The monoisotopic (exact) mass is 488 g/mol. The number of halogens is 1. The molecule has 0 aliphatic heterocycles. The van der Waals surface area contributed by atoms with Gasteiger partial charge in [-0.25, -0.2) is 17.9 Å². The Labute approximate surface area is 195 Å².